The van der Waals surface area contributed by atoms with Crippen LogP contribution in [0.1, 0.15) is 81.0 Å². The van der Waals surface area contributed by atoms with Crippen LogP contribution in [0.5, 0.6) is 5.75 Å². The van der Waals surface area contributed by atoms with E-state index < -0.39 is 11.7 Å². The van der Waals surface area contributed by atoms with Crippen LogP contribution in [0.2, 0.25) is 0 Å². The number of aliphatic imine (C=N–C) groups is 1. The van der Waals surface area contributed by atoms with E-state index in [4.69, 9.17) is 15.5 Å². The lowest BCUT2D eigenvalue weighted by molar-refractivity contribution is -0.128. The fraction of sp³-hybridized carbons (Fsp3) is 0.444. The summed E-state index contributed by atoms with van der Waals surface area (Å²) in [5.41, 5.74) is 10.7. The van der Waals surface area contributed by atoms with Crippen LogP contribution in [-0.4, -0.2) is 49.4 Å². The predicted octanol–water partition coefficient (Wildman–Crippen LogP) is 8.14. The lowest BCUT2D eigenvalue weighted by Crippen LogP contribution is -2.40. The summed E-state index contributed by atoms with van der Waals surface area (Å²) in [6.07, 6.45) is 2.83. The zero-order valence-electron chi connectivity index (χ0n) is 26.4. The van der Waals surface area contributed by atoms with Gasteiger partial charge in [0, 0.05) is 30.9 Å². The zero-order chi connectivity index (χ0) is 32.0. The molecular weight excluding hydrogens is 563 g/mol. The molecule has 1 heterocycles. The maximum Gasteiger partial charge on any atom is 0.416 e. The van der Waals surface area contributed by atoms with E-state index in [1.165, 1.54) is 32.6 Å². The highest BCUT2D eigenvalue weighted by Gasteiger charge is 2.33. The number of halogens is 3. The molecule has 0 radical (unpaired) electrons. The summed E-state index contributed by atoms with van der Waals surface area (Å²) in [6.45, 7) is 7.97. The SMILES string of the molecule is COc1ccc(C(C)=N/C(C(=O)N2CCC(c3ccccc3)CC2)=C(/CN)C2CCC2)c(/C=C\C(=C(C)C)C(F)(F)F)c1C. The van der Waals surface area contributed by atoms with Crippen molar-refractivity contribution < 1.29 is 22.7 Å². The van der Waals surface area contributed by atoms with E-state index in [-0.39, 0.29) is 23.9 Å². The van der Waals surface area contributed by atoms with E-state index in [1.807, 2.05) is 30.0 Å². The lowest BCUT2D eigenvalue weighted by Gasteiger charge is -2.34. The molecule has 2 N–H and O–H groups in total. The number of piperidine rings is 1. The normalized spacial score (nSPS) is 17.4. The number of nitrogens with zero attached hydrogens (tertiary/aromatic N) is 2. The van der Waals surface area contributed by atoms with E-state index in [0.29, 0.717) is 52.9 Å². The van der Waals surface area contributed by atoms with Gasteiger partial charge in [0.15, 0.2) is 0 Å². The van der Waals surface area contributed by atoms with Gasteiger partial charge in [0.25, 0.3) is 5.91 Å². The van der Waals surface area contributed by atoms with Crippen LogP contribution < -0.4 is 10.5 Å². The Bertz CT molecular complexity index is 1460. The molecule has 1 amide bonds. The number of ether oxygens (including phenoxy) is 1. The average molecular weight is 608 g/mol. The first-order valence-electron chi connectivity index (χ1n) is 15.4. The Balaban J connectivity index is 1.73. The van der Waals surface area contributed by atoms with Crippen molar-refractivity contribution in [2.24, 2.45) is 16.6 Å². The smallest absolute Gasteiger partial charge is 0.416 e. The third-order valence-corrected chi connectivity index (χ3v) is 8.99. The molecule has 0 aromatic heterocycles. The number of benzene rings is 2. The minimum atomic E-state index is -4.49. The number of carbonyl (C=O) groups is 1. The van der Waals surface area contributed by atoms with Gasteiger partial charge < -0.3 is 15.4 Å². The summed E-state index contributed by atoms with van der Waals surface area (Å²) in [5.74, 6) is 1.03. The summed E-state index contributed by atoms with van der Waals surface area (Å²) < 4.78 is 46.8. The quantitative estimate of drug-likeness (QED) is 0.178. The molecule has 1 aliphatic heterocycles. The fourth-order valence-corrected chi connectivity index (χ4v) is 6.16. The first-order chi connectivity index (χ1) is 21.0. The van der Waals surface area contributed by atoms with Crippen molar-refractivity contribution in [1.82, 2.24) is 4.90 Å². The molecule has 0 atom stereocenters. The first-order valence-corrected chi connectivity index (χ1v) is 15.4. The van der Waals surface area contributed by atoms with Gasteiger partial charge in [-0.05, 0) is 106 Å². The minimum Gasteiger partial charge on any atom is -0.496 e. The van der Waals surface area contributed by atoms with Crippen molar-refractivity contribution in [3.8, 4) is 5.75 Å². The monoisotopic (exact) mass is 607 g/mol. The molecule has 236 valence electrons. The van der Waals surface area contributed by atoms with E-state index >= 15 is 0 Å². The highest BCUT2D eigenvalue weighted by atomic mass is 19.4. The second kappa shape index (κ2) is 14.4. The van der Waals surface area contributed by atoms with E-state index in [2.05, 4.69) is 12.1 Å². The summed E-state index contributed by atoms with van der Waals surface area (Å²) >= 11 is 0. The Kier molecular flexibility index (Phi) is 10.9. The van der Waals surface area contributed by atoms with Gasteiger partial charge in [-0.25, -0.2) is 4.99 Å². The zero-order valence-corrected chi connectivity index (χ0v) is 26.4. The van der Waals surface area contributed by atoms with Crippen LogP contribution in [0.25, 0.3) is 6.08 Å². The van der Waals surface area contributed by atoms with Gasteiger partial charge in [0.2, 0.25) is 0 Å². The number of rotatable bonds is 9. The molecule has 0 unspecified atom stereocenters. The average Bonchev–Trinajstić information content (AvgIpc) is 2.97. The number of alkyl halides is 3. The minimum absolute atomic E-state index is 0.130. The molecule has 0 bridgehead atoms. The Morgan fingerprint density at radius 2 is 1.70 bits per heavy atom. The van der Waals surface area contributed by atoms with E-state index in [9.17, 15) is 18.0 Å². The Morgan fingerprint density at radius 3 is 2.23 bits per heavy atom. The summed E-state index contributed by atoms with van der Waals surface area (Å²) in [6, 6.07) is 14.0. The van der Waals surface area contributed by atoms with Crippen molar-refractivity contribution in [1.29, 1.82) is 0 Å². The maximum absolute atomic E-state index is 14.1. The summed E-state index contributed by atoms with van der Waals surface area (Å²) in [4.78, 5) is 21.0. The Hall–Kier alpha value is -3.65. The number of nitrogens with two attached hydrogens (primary N) is 1. The van der Waals surface area contributed by atoms with Crippen molar-refractivity contribution in [3.05, 3.63) is 93.2 Å². The van der Waals surface area contributed by atoms with Crippen molar-refractivity contribution in [2.45, 2.75) is 71.9 Å². The van der Waals surface area contributed by atoms with Gasteiger partial charge in [0.05, 0.1) is 12.7 Å². The van der Waals surface area contributed by atoms with Crippen LogP contribution in [0.4, 0.5) is 13.2 Å². The molecule has 44 heavy (non-hydrogen) atoms. The van der Waals surface area contributed by atoms with Gasteiger partial charge in [0.1, 0.15) is 11.4 Å². The number of likely N-dealkylation sites (tertiary alicyclic amines) is 1. The molecule has 5 nitrogen and oxygen atoms in total. The molecule has 2 aliphatic rings. The fourth-order valence-electron chi connectivity index (χ4n) is 6.16. The highest BCUT2D eigenvalue weighted by molar-refractivity contribution is 6.06. The molecule has 2 aromatic carbocycles. The molecule has 2 aromatic rings. The molecule has 2 fully saturated rings. The van der Waals surface area contributed by atoms with Crippen LogP contribution in [0.15, 0.2) is 75.9 Å². The molecule has 1 aliphatic carbocycles. The van der Waals surface area contributed by atoms with Gasteiger partial charge in [-0.15, -0.1) is 0 Å². The Labute approximate surface area is 259 Å². The number of amides is 1. The topological polar surface area (TPSA) is 67.9 Å². The van der Waals surface area contributed by atoms with E-state index in [1.54, 1.807) is 19.1 Å². The predicted molar refractivity (Wildman–Crippen MR) is 172 cm³/mol. The second-order valence-corrected chi connectivity index (χ2v) is 12.0. The van der Waals surface area contributed by atoms with Crippen molar-refractivity contribution in [3.63, 3.8) is 0 Å². The highest BCUT2D eigenvalue weighted by Crippen LogP contribution is 2.37. The molecular formula is C36H44F3N3O2. The summed E-state index contributed by atoms with van der Waals surface area (Å²) in [5, 5.41) is 0. The molecule has 8 heteroatoms. The lowest BCUT2D eigenvalue weighted by atomic mass is 9.78. The summed E-state index contributed by atoms with van der Waals surface area (Å²) in [7, 11) is 1.53. The number of methoxy groups -OCH3 is 1. The molecule has 1 saturated heterocycles. The number of hydrogen-bond acceptors (Lipinski definition) is 4. The largest absolute Gasteiger partial charge is 0.496 e. The second-order valence-electron chi connectivity index (χ2n) is 12.0. The van der Waals surface area contributed by atoms with Crippen LogP contribution in [0, 0.1) is 12.8 Å². The number of allylic oxidation sites excluding steroid dienone is 3. The molecule has 4 rings (SSSR count). The van der Waals surface area contributed by atoms with Gasteiger partial charge in [-0.2, -0.15) is 13.2 Å². The van der Waals surface area contributed by atoms with Gasteiger partial charge >= 0.3 is 6.18 Å². The third kappa shape index (κ3) is 7.52. The van der Waals surface area contributed by atoms with Gasteiger partial charge in [-0.1, -0.05) is 48.4 Å². The molecule has 1 saturated carbocycles. The van der Waals surface area contributed by atoms with Crippen molar-refractivity contribution in [2.75, 3.05) is 26.7 Å². The van der Waals surface area contributed by atoms with Crippen molar-refractivity contribution >= 4 is 17.7 Å². The van der Waals surface area contributed by atoms with Crippen LogP contribution in [0.3, 0.4) is 0 Å². The number of hydrogen-bond donors (Lipinski definition) is 1. The van der Waals surface area contributed by atoms with Gasteiger partial charge in [-0.3, -0.25) is 4.79 Å². The standard InChI is InChI=1S/C36H44F3N3O2/c1-23(2)32(36(37,38)39)16-14-29-24(3)33(44-5)17-15-30(29)25(4)41-34(31(22-40)28-12-9-13-28)35(43)42-20-18-27(19-21-42)26-10-7-6-8-11-26/h6-8,10-11,14-17,27-28H,9,12-13,18-22,40H2,1-5H3/b16-14-,34-31-,41-25?. The maximum atomic E-state index is 14.1. The first kappa shape index (κ1) is 33.2. The van der Waals surface area contributed by atoms with E-state index in [0.717, 1.165) is 43.8 Å². The van der Waals surface area contributed by atoms with Crippen LogP contribution >= 0.6 is 0 Å². The van der Waals surface area contributed by atoms with Crippen LogP contribution in [-0.2, 0) is 4.79 Å². The Morgan fingerprint density at radius 1 is 1.05 bits per heavy atom. The third-order valence-electron chi connectivity index (χ3n) is 8.99. The molecule has 0 spiro atoms. The number of carbonyl (C=O) groups excluding carboxylic acids is 1.